The summed E-state index contributed by atoms with van der Waals surface area (Å²) in [7, 11) is 1.38. The number of carbonyl (C=O) groups is 1. The highest BCUT2D eigenvalue weighted by atomic mass is 16.6. The van der Waals surface area contributed by atoms with E-state index in [0.29, 0.717) is 24.7 Å². The van der Waals surface area contributed by atoms with Crippen LogP contribution in [-0.4, -0.2) is 53.4 Å². The molecule has 0 N–H and O–H groups in total. The van der Waals surface area contributed by atoms with E-state index in [-0.39, 0.29) is 17.3 Å². The fraction of sp³-hybridized carbons (Fsp3) is 0.409. The van der Waals surface area contributed by atoms with Gasteiger partial charge in [0.25, 0.3) is 5.91 Å². The summed E-state index contributed by atoms with van der Waals surface area (Å²) in [6.45, 7) is 3.36. The molecule has 0 spiro atoms. The molecule has 152 valence electrons. The van der Waals surface area contributed by atoms with Gasteiger partial charge in [-0.15, -0.1) is 0 Å². The second kappa shape index (κ2) is 8.21. The molecule has 0 unspecified atom stereocenters. The van der Waals surface area contributed by atoms with E-state index in [2.05, 4.69) is 29.2 Å². The Balaban J connectivity index is 1.39. The Labute approximate surface area is 170 Å². The molecule has 1 amide bonds. The summed E-state index contributed by atoms with van der Waals surface area (Å²) < 4.78 is 5.02. The smallest absolute Gasteiger partial charge is 0.311 e. The zero-order valence-electron chi connectivity index (χ0n) is 16.5. The predicted octanol–water partition coefficient (Wildman–Crippen LogP) is 3.27. The van der Waals surface area contributed by atoms with Crippen LogP contribution in [0.5, 0.6) is 5.75 Å². The number of piperidine rings is 1. The van der Waals surface area contributed by atoms with E-state index in [1.54, 1.807) is 11.0 Å². The highest BCUT2D eigenvalue weighted by molar-refractivity contribution is 5.95. The van der Waals surface area contributed by atoms with Crippen LogP contribution in [0.15, 0.2) is 42.5 Å². The summed E-state index contributed by atoms with van der Waals surface area (Å²) in [5.74, 6) is 0.00818. The van der Waals surface area contributed by atoms with Crippen molar-refractivity contribution in [1.29, 1.82) is 0 Å². The van der Waals surface area contributed by atoms with Crippen molar-refractivity contribution in [3.63, 3.8) is 0 Å². The first-order chi connectivity index (χ1) is 14.1. The van der Waals surface area contributed by atoms with Crippen LogP contribution in [0.25, 0.3) is 0 Å². The van der Waals surface area contributed by atoms with Gasteiger partial charge in [-0.3, -0.25) is 19.8 Å². The van der Waals surface area contributed by atoms with Crippen molar-refractivity contribution in [3.8, 4) is 5.75 Å². The van der Waals surface area contributed by atoms with Gasteiger partial charge in [0.1, 0.15) is 0 Å². The summed E-state index contributed by atoms with van der Waals surface area (Å²) in [5.41, 5.74) is 3.00. The van der Waals surface area contributed by atoms with Gasteiger partial charge >= 0.3 is 5.69 Å². The van der Waals surface area contributed by atoms with Gasteiger partial charge in [0.05, 0.1) is 12.0 Å². The molecule has 2 aromatic carbocycles. The van der Waals surface area contributed by atoms with Gasteiger partial charge in [-0.1, -0.05) is 24.3 Å². The topological polar surface area (TPSA) is 75.9 Å². The van der Waals surface area contributed by atoms with Crippen molar-refractivity contribution in [3.05, 3.63) is 69.3 Å². The van der Waals surface area contributed by atoms with Crippen LogP contribution in [0.4, 0.5) is 5.69 Å². The van der Waals surface area contributed by atoms with Crippen LogP contribution in [0.3, 0.4) is 0 Å². The van der Waals surface area contributed by atoms with E-state index < -0.39 is 4.92 Å². The SMILES string of the molecule is COc1ccc(C(=O)N2CCC(N3CCc4ccccc4C3)CC2)cc1[N+](=O)[O-]. The molecule has 2 aliphatic rings. The van der Waals surface area contributed by atoms with E-state index in [9.17, 15) is 14.9 Å². The van der Waals surface area contributed by atoms with Crippen molar-refractivity contribution in [2.45, 2.75) is 31.8 Å². The fourth-order valence-electron chi connectivity index (χ4n) is 4.41. The average Bonchev–Trinajstić information content (AvgIpc) is 2.78. The summed E-state index contributed by atoms with van der Waals surface area (Å²) in [6.07, 6.45) is 2.92. The third-order valence-electron chi connectivity index (χ3n) is 6.05. The number of nitro groups is 1. The first kappa shape index (κ1) is 19.4. The number of fused-ring (bicyclic) bond motifs is 1. The lowest BCUT2D eigenvalue weighted by Gasteiger charge is -2.40. The third-order valence-corrected chi connectivity index (χ3v) is 6.05. The van der Waals surface area contributed by atoms with Crippen molar-refractivity contribution in [1.82, 2.24) is 9.80 Å². The predicted molar refractivity (Wildman–Crippen MR) is 109 cm³/mol. The number of rotatable bonds is 4. The van der Waals surface area contributed by atoms with Crippen LogP contribution in [0.2, 0.25) is 0 Å². The van der Waals surface area contributed by atoms with Gasteiger partial charge in [0, 0.05) is 43.9 Å². The maximum atomic E-state index is 12.9. The number of likely N-dealkylation sites (tertiary alicyclic amines) is 1. The molecule has 0 bridgehead atoms. The largest absolute Gasteiger partial charge is 0.490 e. The second-order valence-electron chi connectivity index (χ2n) is 7.66. The third kappa shape index (κ3) is 3.96. The van der Waals surface area contributed by atoms with Crippen molar-refractivity contribution in [2.24, 2.45) is 0 Å². The van der Waals surface area contributed by atoms with Gasteiger partial charge in [-0.05, 0) is 42.5 Å². The van der Waals surface area contributed by atoms with Gasteiger partial charge in [0.2, 0.25) is 0 Å². The highest BCUT2D eigenvalue weighted by Crippen LogP contribution is 2.29. The molecule has 7 nitrogen and oxygen atoms in total. The molecule has 4 rings (SSSR count). The fourth-order valence-corrected chi connectivity index (χ4v) is 4.41. The monoisotopic (exact) mass is 395 g/mol. The molecular formula is C22H25N3O4. The molecule has 0 radical (unpaired) electrons. The van der Waals surface area contributed by atoms with Crippen LogP contribution in [0, 0.1) is 10.1 Å². The van der Waals surface area contributed by atoms with Crippen LogP contribution in [0.1, 0.15) is 34.3 Å². The first-order valence-corrected chi connectivity index (χ1v) is 9.99. The Morgan fingerprint density at radius 1 is 1.10 bits per heavy atom. The Morgan fingerprint density at radius 3 is 2.52 bits per heavy atom. The molecule has 2 aliphatic heterocycles. The number of benzene rings is 2. The number of ether oxygens (including phenoxy) is 1. The molecule has 1 saturated heterocycles. The number of amides is 1. The van der Waals surface area contributed by atoms with Crippen molar-refractivity contribution >= 4 is 11.6 Å². The number of methoxy groups -OCH3 is 1. The van der Waals surface area contributed by atoms with Crippen molar-refractivity contribution in [2.75, 3.05) is 26.7 Å². The number of hydrogen-bond acceptors (Lipinski definition) is 5. The zero-order chi connectivity index (χ0) is 20.4. The Morgan fingerprint density at radius 2 is 1.83 bits per heavy atom. The molecular weight excluding hydrogens is 370 g/mol. The normalized spacial score (nSPS) is 17.6. The van der Waals surface area contributed by atoms with E-state index >= 15 is 0 Å². The molecule has 7 heteroatoms. The summed E-state index contributed by atoms with van der Waals surface area (Å²) in [6, 6.07) is 13.5. The molecule has 2 aromatic rings. The second-order valence-corrected chi connectivity index (χ2v) is 7.66. The van der Waals surface area contributed by atoms with Crippen LogP contribution in [-0.2, 0) is 13.0 Å². The molecule has 0 atom stereocenters. The van der Waals surface area contributed by atoms with E-state index in [1.807, 2.05) is 0 Å². The molecule has 0 aromatic heterocycles. The minimum atomic E-state index is -0.518. The van der Waals surface area contributed by atoms with Gasteiger partial charge in [0.15, 0.2) is 5.75 Å². The summed E-state index contributed by atoms with van der Waals surface area (Å²) in [5, 5.41) is 11.2. The zero-order valence-corrected chi connectivity index (χ0v) is 16.5. The highest BCUT2D eigenvalue weighted by Gasteiger charge is 2.30. The number of nitrogens with zero attached hydrogens (tertiary/aromatic N) is 3. The molecule has 0 saturated carbocycles. The maximum Gasteiger partial charge on any atom is 0.311 e. The quantitative estimate of drug-likeness (QED) is 0.587. The first-order valence-electron chi connectivity index (χ1n) is 9.99. The number of carbonyl (C=O) groups excluding carboxylic acids is 1. The number of nitro benzene ring substituents is 1. The molecule has 0 aliphatic carbocycles. The Bertz CT molecular complexity index is 922. The Kier molecular flexibility index (Phi) is 5.49. The average molecular weight is 395 g/mol. The lowest BCUT2D eigenvalue weighted by atomic mass is 9.95. The van der Waals surface area contributed by atoms with E-state index in [4.69, 9.17) is 4.74 Å². The summed E-state index contributed by atoms with van der Waals surface area (Å²) >= 11 is 0. The van der Waals surface area contributed by atoms with Gasteiger partial charge < -0.3 is 9.64 Å². The van der Waals surface area contributed by atoms with Crippen LogP contribution < -0.4 is 4.74 Å². The molecule has 1 fully saturated rings. The number of hydrogen-bond donors (Lipinski definition) is 0. The molecule has 2 heterocycles. The van der Waals surface area contributed by atoms with Crippen LogP contribution >= 0.6 is 0 Å². The van der Waals surface area contributed by atoms with Gasteiger partial charge in [-0.25, -0.2) is 0 Å². The summed E-state index contributed by atoms with van der Waals surface area (Å²) in [4.78, 5) is 27.9. The lowest BCUT2D eigenvalue weighted by molar-refractivity contribution is -0.385. The van der Waals surface area contributed by atoms with E-state index in [0.717, 1.165) is 32.4 Å². The lowest BCUT2D eigenvalue weighted by Crippen LogP contribution is -2.48. The Hall–Kier alpha value is -2.93. The van der Waals surface area contributed by atoms with Gasteiger partial charge in [-0.2, -0.15) is 0 Å². The minimum absolute atomic E-state index is 0.154. The van der Waals surface area contributed by atoms with Crippen molar-refractivity contribution < 1.29 is 14.5 Å². The standard InChI is InChI=1S/C22H25N3O4/c1-29-21-7-6-17(14-20(21)25(27)28)22(26)23-12-9-19(10-13-23)24-11-8-16-4-2-3-5-18(16)15-24/h2-7,14,19H,8-13,15H2,1H3. The molecule has 29 heavy (non-hydrogen) atoms. The minimum Gasteiger partial charge on any atom is -0.490 e. The maximum absolute atomic E-state index is 12.9. The van der Waals surface area contributed by atoms with E-state index in [1.165, 1.54) is 30.4 Å².